The molecule has 0 aromatic carbocycles. The van der Waals surface area contributed by atoms with Crippen molar-refractivity contribution in [1.29, 1.82) is 0 Å². The first-order chi connectivity index (χ1) is 6.76. The average Bonchev–Trinajstić information content (AvgIpc) is 2.63. The Morgan fingerprint density at radius 1 is 1.64 bits per heavy atom. The van der Waals surface area contributed by atoms with E-state index in [1.54, 1.807) is 13.3 Å². The lowest BCUT2D eigenvalue weighted by atomic mass is 10.3. The number of halogens is 1. The zero-order chi connectivity index (χ0) is 10.1. The van der Waals surface area contributed by atoms with Gasteiger partial charge in [-0.2, -0.15) is 0 Å². The molecule has 5 heteroatoms. The van der Waals surface area contributed by atoms with E-state index in [1.807, 2.05) is 6.07 Å². The van der Waals surface area contributed by atoms with Crippen molar-refractivity contribution in [2.24, 2.45) is 0 Å². The molecule has 2 N–H and O–H groups in total. The molecule has 0 aliphatic rings. The number of nitrogens with zero attached hydrogens (tertiary/aromatic N) is 1. The monoisotopic (exact) mass is 256 g/mol. The lowest BCUT2D eigenvalue weighted by molar-refractivity contribution is 0.278. The Kier molecular flexibility index (Phi) is 2.43. The summed E-state index contributed by atoms with van der Waals surface area (Å²) in [4.78, 5) is 7.13. The van der Waals surface area contributed by atoms with Crippen LogP contribution in [0, 0.1) is 0 Å². The van der Waals surface area contributed by atoms with Crippen molar-refractivity contribution in [2.75, 3.05) is 7.11 Å². The molecule has 2 aromatic heterocycles. The van der Waals surface area contributed by atoms with E-state index in [4.69, 9.17) is 9.84 Å². The summed E-state index contributed by atoms with van der Waals surface area (Å²) in [6.07, 6.45) is 1.68. The van der Waals surface area contributed by atoms with Crippen LogP contribution in [0.4, 0.5) is 0 Å². The minimum absolute atomic E-state index is 0.0235. The molecule has 0 spiro atoms. The summed E-state index contributed by atoms with van der Waals surface area (Å²) in [6.45, 7) is -0.0235. The van der Waals surface area contributed by atoms with Gasteiger partial charge in [-0.3, -0.25) is 0 Å². The topological polar surface area (TPSA) is 58.1 Å². The highest BCUT2D eigenvalue weighted by Crippen LogP contribution is 2.29. The number of rotatable bonds is 2. The molecule has 2 aromatic rings. The van der Waals surface area contributed by atoms with Gasteiger partial charge in [0.1, 0.15) is 5.52 Å². The Balaban J connectivity index is 2.74. The summed E-state index contributed by atoms with van der Waals surface area (Å²) < 4.78 is 5.97. The van der Waals surface area contributed by atoms with Gasteiger partial charge >= 0.3 is 0 Å². The second kappa shape index (κ2) is 3.59. The number of hydrogen-bond acceptors (Lipinski definition) is 3. The van der Waals surface area contributed by atoms with Crippen LogP contribution in [-0.4, -0.2) is 22.2 Å². The predicted molar refractivity (Wildman–Crippen MR) is 56.3 cm³/mol. The largest absolute Gasteiger partial charge is 0.479 e. The van der Waals surface area contributed by atoms with Gasteiger partial charge in [-0.05, 0) is 22.0 Å². The van der Waals surface area contributed by atoms with Crippen LogP contribution in [0.5, 0.6) is 5.88 Å². The van der Waals surface area contributed by atoms with Crippen LogP contribution >= 0.6 is 15.9 Å². The summed E-state index contributed by atoms with van der Waals surface area (Å²) in [5.74, 6) is 0.530. The number of pyridine rings is 1. The third kappa shape index (κ3) is 1.38. The molecular weight excluding hydrogens is 248 g/mol. The summed E-state index contributed by atoms with van der Waals surface area (Å²) in [7, 11) is 1.56. The van der Waals surface area contributed by atoms with Gasteiger partial charge in [0.15, 0.2) is 0 Å². The molecule has 0 saturated carbocycles. The lowest BCUT2D eigenvalue weighted by Crippen LogP contribution is -1.88. The minimum atomic E-state index is -0.0235. The van der Waals surface area contributed by atoms with E-state index < -0.39 is 0 Å². The number of aliphatic hydroxyl groups is 1. The molecule has 0 amide bonds. The molecule has 0 fully saturated rings. The molecule has 14 heavy (non-hydrogen) atoms. The van der Waals surface area contributed by atoms with E-state index in [0.29, 0.717) is 5.88 Å². The van der Waals surface area contributed by atoms with Crippen molar-refractivity contribution in [2.45, 2.75) is 6.61 Å². The van der Waals surface area contributed by atoms with E-state index in [0.717, 1.165) is 21.1 Å². The maximum absolute atomic E-state index is 8.99. The SMILES string of the molecule is COc1ncc(Br)c2cc(CO)[nH]c12. The molecule has 0 atom stereocenters. The van der Waals surface area contributed by atoms with Gasteiger partial charge in [0.2, 0.25) is 5.88 Å². The summed E-state index contributed by atoms with van der Waals surface area (Å²) in [6, 6.07) is 1.86. The van der Waals surface area contributed by atoms with E-state index in [-0.39, 0.29) is 6.61 Å². The first-order valence-corrected chi connectivity index (χ1v) is 4.86. The second-order valence-electron chi connectivity index (χ2n) is 2.86. The molecule has 4 nitrogen and oxygen atoms in total. The van der Waals surface area contributed by atoms with Gasteiger partial charge in [0.05, 0.1) is 13.7 Å². The van der Waals surface area contributed by atoms with Gasteiger partial charge in [0, 0.05) is 21.7 Å². The van der Waals surface area contributed by atoms with Crippen LogP contribution < -0.4 is 4.74 Å². The summed E-state index contributed by atoms with van der Waals surface area (Å²) >= 11 is 3.38. The third-order valence-electron chi connectivity index (χ3n) is 2.00. The van der Waals surface area contributed by atoms with Crippen LogP contribution in [0.15, 0.2) is 16.7 Å². The molecule has 0 radical (unpaired) electrons. The van der Waals surface area contributed by atoms with Crippen LogP contribution in [0.1, 0.15) is 5.69 Å². The smallest absolute Gasteiger partial charge is 0.238 e. The first-order valence-electron chi connectivity index (χ1n) is 4.07. The Morgan fingerprint density at radius 2 is 2.43 bits per heavy atom. The van der Waals surface area contributed by atoms with Crippen molar-refractivity contribution in [3.05, 3.63) is 22.4 Å². The number of H-pyrrole nitrogens is 1. The highest BCUT2D eigenvalue weighted by atomic mass is 79.9. The molecule has 0 saturated heterocycles. The van der Waals surface area contributed by atoms with Gasteiger partial charge in [0.25, 0.3) is 0 Å². The summed E-state index contributed by atoms with van der Waals surface area (Å²) in [5, 5.41) is 9.94. The summed E-state index contributed by atoms with van der Waals surface area (Å²) in [5.41, 5.74) is 1.54. The maximum atomic E-state index is 8.99. The molecule has 0 aliphatic carbocycles. The molecule has 0 bridgehead atoms. The van der Waals surface area contributed by atoms with E-state index in [1.165, 1.54) is 0 Å². The van der Waals surface area contributed by atoms with Crippen molar-refractivity contribution < 1.29 is 9.84 Å². The van der Waals surface area contributed by atoms with Crippen LogP contribution in [0.25, 0.3) is 10.9 Å². The number of hydrogen-bond donors (Lipinski definition) is 2. The molecular formula is C9H9BrN2O2. The zero-order valence-electron chi connectivity index (χ0n) is 7.54. The highest BCUT2D eigenvalue weighted by Gasteiger charge is 2.09. The molecule has 2 rings (SSSR count). The van der Waals surface area contributed by atoms with E-state index in [9.17, 15) is 0 Å². The fraction of sp³-hybridized carbons (Fsp3) is 0.222. The molecule has 0 aliphatic heterocycles. The average molecular weight is 257 g/mol. The van der Waals surface area contributed by atoms with Gasteiger partial charge < -0.3 is 14.8 Å². The van der Waals surface area contributed by atoms with Crippen molar-refractivity contribution in [3.63, 3.8) is 0 Å². The lowest BCUT2D eigenvalue weighted by Gasteiger charge is -2.00. The third-order valence-corrected chi connectivity index (χ3v) is 2.64. The number of fused-ring (bicyclic) bond motifs is 1. The Hall–Kier alpha value is -1.07. The van der Waals surface area contributed by atoms with Crippen LogP contribution in [0.2, 0.25) is 0 Å². The minimum Gasteiger partial charge on any atom is -0.479 e. The molecule has 74 valence electrons. The van der Waals surface area contributed by atoms with Crippen LogP contribution in [-0.2, 0) is 6.61 Å². The standard InChI is InChI=1S/C9H9BrN2O2/c1-14-9-8-6(7(10)3-11-9)2-5(4-13)12-8/h2-3,12-13H,4H2,1H3. The van der Waals surface area contributed by atoms with Crippen LogP contribution in [0.3, 0.4) is 0 Å². The van der Waals surface area contributed by atoms with E-state index in [2.05, 4.69) is 25.9 Å². The second-order valence-corrected chi connectivity index (χ2v) is 3.71. The quantitative estimate of drug-likeness (QED) is 0.862. The van der Waals surface area contributed by atoms with Crippen molar-refractivity contribution >= 4 is 26.8 Å². The van der Waals surface area contributed by atoms with E-state index >= 15 is 0 Å². The Bertz CT molecular complexity index is 467. The normalized spacial score (nSPS) is 10.8. The first kappa shape index (κ1) is 9.48. The number of ether oxygens (including phenoxy) is 1. The van der Waals surface area contributed by atoms with Gasteiger partial charge in [-0.25, -0.2) is 4.98 Å². The van der Waals surface area contributed by atoms with Crippen molar-refractivity contribution in [3.8, 4) is 5.88 Å². The number of aromatic nitrogens is 2. The number of methoxy groups -OCH3 is 1. The Morgan fingerprint density at radius 3 is 3.07 bits per heavy atom. The van der Waals surface area contributed by atoms with Gasteiger partial charge in [-0.1, -0.05) is 0 Å². The fourth-order valence-electron chi connectivity index (χ4n) is 1.36. The highest BCUT2D eigenvalue weighted by molar-refractivity contribution is 9.10. The number of nitrogens with one attached hydrogen (secondary N) is 1. The number of aliphatic hydroxyl groups excluding tert-OH is 1. The predicted octanol–water partition coefficient (Wildman–Crippen LogP) is 1.83. The zero-order valence-corrected chi connectivity index (χ0v) is 9.13. The Labute approximate surface area is 89.0 Å². The van der Waals surface area contributed by atoms with Gasteiger partial charge in [-0.15, -0.1) is 0 Å². The molecule has 2 heterocycles. The van der Waals surface area contributed by atoms with Crippen molar-refractivity contribution in [1.82, 2.24) is 9.97 Å². The molecule has 0 unspecified atom stereocenters. The number of aromatic amines is 1. The fourth-order valence-corrected chi connectivity index (χ4v) is 1.77. The maximum Gasteiger partial charge on any atom is 0.238 e.